The van der Waals surface area contributed by atoms with Crippen LogP contribution in [0, 0.1) is 0 Å². The molecule has 0 saturated carbocycles. The number of aliphatic carboxylic acids is 1. The van der Waals surface area contributed by atoms with Gasteiger partial charge >= 0.3 is 12.1 Å². The predicted octanol–water partition coefficient (Wildman–Crippen LogP) is 3.20. The Kier molecular flexibility index (Phi) is 8.91. The third kappa shape index (κ3) is 7.46. The van der Waals surface area contributed by atoms with Gasteiger partial charge in [-0.15, -0.1) is 0 Å². The smallest absolute Gasteiger partial charge is 0.408 e. The van der Waals surface area contributed by atoms with Crippen LogP contribution in [0.3, 0.4) is 0 Å². The number of alkyl carbamates (subject to hydrolysis) is 1. The van der Waals surface area contributed by atoms with E-state index in [9.17, 15) is 14.7 Å². The van der Waals surface area contributed by atoms with Crippen LogP contribution in [-0.4, -0.2) is 54.9 Å². The molecule has 7 nitrogen and oxygen atoms in total. The SMILES string of the molecule is CCCCOC(=O)NC(C(=O)O)c1ccc(OCCN2CCCCC2)cc1. The van der Waals surface area contributed by atoms with E-state index in [4.69, 9.17) is 9.47 Å². The summed E-state index contributed by atoms with van der Waals surface area (Å²) in [5, 5.41) is 11.8. The van der Waals surface area contributed by atoms with Gasteiger partial charge in [0.15, 0.2) is 6.04 Å². The molecule has 1 aromatic rings. The maximum Gasteiger partial charge on any atom is 0.408 e. The number of amides is 1. The summed E-state index contributed by atoms with van der Waals surface area (Å²) < 4.78 is 10.7. The minimum atomic E-state index is -1.15. The van der Waals surface area contributed by atoms with E-state index < -0.39 is 18.1 Å². The molecule has 1 amide bonds. The summed E-state index contributed by atoms with van der Waals surface area (Å²) >= 11 is 0. The number of piperidine rings is 1. The topological polar surface area (TPSA) is 88.1 Å². The second kappa shape index (κ2) is 11.4. The molecule has 1 aromatic carbocycles. The molecular weight excluding hydrogens is 348 g/mol. The number of likely N-dealkylation sites (tertiary alicyclic amines) is 1. The van der Waals surface area contributed by atoms with Crippen molar-refractivity contribution < 1.29 is 24.2 Å². The molecule has 1 heterocycles. The van der Waals surface area contributed by atoms with Gasteiger partial charge in [-0.25, -0.2) is 9.59 Å². The van der Waals surface area contributed by atoms with Crippen molar-refractivity contribution >= 4 is 12.1 Å². The van der Waals surface area contributed by atoms with Crippen LogP contribution >= 0.6 is 0 Å². The van der Waals surface area contributed by atoms with E-state index in [1.54, 1.807) is 24.3 Å². The third-order valence-electron chi connectivity index (χ3n) is 4.58. The summed E-state index contributed by atoms with van der Waals surface area (Å²) in [6.45, 7) is 6.01. The number of hydrogen-bond donors (Lipinski definition) is 2. The number of unbranched alkanes of at least 4 members (excludes halogenated alkanes) is 1. The molecule has 0 radical (unpaired) electrons. The average molecular weight is 378 g/mol. The Labute approximate surface area is 160 Å². The molecule has 2 rings (SSSR count). The van der Waals surface area contributed by atoms with Crippen molar-refractivity contribution in [3.05, 3.63) is 29.8 Å². The number of carbonyl (C=O) groups is 2. The zero-order chi connectivity index (χ0) is 19.5. The lowest BCUT2D eigenvalue weighted by Crippen LogP contribution is -2.34. The number of rotatable bonds is 10. The van der Waals surface area contributed by atoms with Crippen LogP contribution < -0.4 is 10.1 Å². The summed E-state index contributed by atoms with van der Waals surface area (Å²) in [4.78, 5) is 25.6. The maximum atomic E-state index is 11.7. The van der Waals surface area contributed by atoms with Crippen LogP contribution in [0.25, 0.3) is 0 Å². The molecule has 1 saturated heterocycles. The summed E-state index contributed by atoms with van der Waals surface area (Å²) in [5.41, 5.74) is 0.471. The largest absolute Gasteiger partial charge is 0.492 e. The van der Waals surface area contributed by atoms with E-state index in [1.807, 2.05) is 6.92 Å². The number of carboxylic acid groups (broad SMARTS) is 1. The predicted molar refractivity (Wildman–Crippen MR) is 102 cm³/mol. The Balaban J connectivity index is 1.82. The normalized spacial score (nSPS) is 15.7. The van der Waals surface area contributed by atoms with Crippen LogP contribution in [0.5, 0.6) is 5.75 Å². The van der Waals surface area contributed by atoms with Crippen LogP contribution in [0.4, 0.5) is 4.79 Å². The molecule has 27 heavy (non-hydrogen) atoms. The molecular formula is C20H30N2O5. The fourth-order valence-corrected chi connectivity index (χ4v) is 2.99. The van der Waals surface area contributed by atoms with E-state index in [2.05, 4.69) is 10.2 Å². The van der Waals surface area contributed by atoms with Gasteiger partial charge in [0, 0.05) is 6.54 Å². The monoisotopic (exact) mass is 378 g/mol. The Morgan fingerprint density at radius 1 is 1.15 bits per heavy atom. The van der Waals surface area contributed by atoms with Gasteiger partial charge in [-0.05, 0) is 50.0 Å². The zero-order valence-corrected chi connectivity index (χ0v) is 16.0. The number of hydrogen-bond acceptors (Lipinski definition) is 5. The lowest BCUT2D eigenvalue weighted by molar-refractivity contribution is -0.139. The van der Waals surface area contributed by atoms with Gasteiger partial charge in [0.25, 0.3) is 0 Å². The molecule has 150 valence electrons. The minimum Gasteiger partial charge on any atom is -0.492 e. The number of nitrogens with one attached hydrogen (secondary N) is 1. The maximum absolute atomic E-state index is 11.7. The van der Waals surface area contributed by atoms with Crippen molar-refractivity contribution in [3.8, 4) is 5.75 Å². The molecule has 2 N–H and O–H groups in total. The highest BCUT2D eigenvalue weighted by Gasteiger charge is 2.22. The number of carboxylic acids is 1. The fourth-order valence-electron chi connectivity index (χ4n) is 2.99. The van der Waals surface area contributed by atoms with Crippen molar-refractivity contribution in [1.29, 1.82) is 0 Å². The van der Waals surface area contributed by atoms with E-state index in [0.717, 1.165) is 32.5 Å². The van der Waals surface area contributed by atoms with Gasteiger partial charge in [0.2, 0.25) is 0 Å². The molecule has 1 aliphatic rings. The van der Waals surface area contributed by atoms with E-state index in [1.165, 1.54) is 19.3 Å². The van der Waals surface area contributed by atoms with Gasteiger partial charge in [-0.3, -0.25) is 4.90 Å². The minimum absolute atomic E-state index is 0.276. The van der Waals surface area contributed by atoms with Gasteiger partial charge < -0.3 is 19.9 Å². The van der Waals surface area contributed by atoms with Crippen LogP contribution in [0.15, 0.2) is 24.3 Å². The molecule has 0 aromatic heterocycles. The second-order valence-corrected chi connectivity index (χ2v) is 6.72. The Bertz CT molecular complexity index is 585. The molecule has 7 heteroatoms. The Morgan fingerprint density at radius 2 is 1.85 bits per heavy atom. The quantitative estimate of drug-likeness (QED) is 0.608. The second-order valence-electron chi connectivity index (χ2n) is 6.72. The van der Waals surface area contributed by atoms with Crippen molar-refractivity contribution in [1.82, 2.24) is 10.2 Å². The highest BCUT2D eigenvalue weighted by Crippen LogP contribution is 2.19. The first-order chi connectivity index (χ1) is 13.1. The average Bonchev–Trinajstić information content (AvgIpc) is 2.68. The molecule has 1 fully saturated rings. The molecule has 1 unspecified atom stereocenters. The van der Waals surface area contributed by atoms with Crippen LogP contribution in [-0.2, 0) is 9.53 Å². The van der Waals surface area contributed by atoms with Gasteiger partial charge in [0.05, 0.1) is 6.61 Å². The van der Waals surface area contributed by atoms with Crippen molar-refractivity contribution in [3.63, 3.8) is 0 Å². The third-order valence-corrected chi connectivity index (χ3v) is 4.58. The van der Waals surface area contributed by atoms with Gasteiger partial charge in [0.1, 0.15) is 12.4 Å². The lowest BCUT2D eigenvalue weighted by Gasteiger charge is -2.26. The number of ether oxygens (including phenoxy) is 2. The number of carbonyl (C=O) groups excluding carboxylic acids is 1. The van der Waals surface area contributed by atoms with Crippen molar-refractivity contribution in [2.75, 3.05) is 32.8 Å². The van der Waals surface area contributed by atoms with Gasteiger partial charge in [-0.2, -0.15) is 0 Å². The van der Waals surface area contributed by atoms with E-state index >= 15 is 0 Å². The molecule has 0 aliphatic carbocycles. The van der Waals surface area contributed by atoms with Crippen LogP contribution in [0.2, 0.25) is 0 Å². The lowest BCUT2D eigenvalue weighted by atomic mass is 10.1. The van der Waals surface area contributed by atoms with Gasteiger partial charge in [-0.1, -0.05) is 31.9 Å². The first-order valence-electron chi connectivity index (χ1n) is 9.71. The Morgan fingerprint density at radius 3 is 2.48 bits per heavy atom. The fraction of sp³-hybridized carbons (Fsp3) is 0.600. The molecule has 0 bridgehead atoms. The summed E-state index contributed by atoms with van der Waals surface area (Å²) in [5.74, 6) is -0.452. The van der Waals surface area contributed by atoms with E-state index in [-0.39, 0.29) is 6.61 Å². The molecule has 1 aliphatic heterocycles. The number of nitrogens with zero attached hydrogens (tertiary/aromatic N) is 1. The Hall–Kier alpha value is -2.28. The van der Waals surface area contributed by atoms with Crippen LogP contribution in [0.1, 0.15) is 50.6 Å². The zero-order valence-electron chi connectivity index (χ0n) is 16.0. The van der Waals surface area contributed by atoms with E-state index in [0.29, 0.717) is 17.9 Å². The highest BCUT2D eigenvalue weighted by atomic mass is 16.5. The summed E-state index contributed by atoms with van der Waals surface area (Å²) in [7, 11) is 0. The number of benzene rings is 1. The standard InChI is InChI=1S/C20H30N2O5/c1-2-3-14-27-20(25)21-18(19(23)24)16-7-9-17(10-8-16)26-15-13-22-11-5-4-6-12-22/h7-10,18H,2-6,11-15H2,1H3,(H,21,25)(H,23,24). The molecule has 0 spiro atoms. The van der Waals surface area contributed by atoms with Crippen molar-refractivity contribution in [2.45, 2.75) is 45.1 Å². The first-order valence-corrected chi connectivity index (χ1v) is 9.71. The molecule has 1 atom stereocenters. The summed E-state index contributed by atoms with van der Waals surface area (Å²) in [6, 6.07) is 5.61. The first kappa shape index (κ1) is 21.0. The highest BCUT2D eigenvalue weighted by molar-refractivity contribution is 5.81. The summed E-state index contributed by atoms with van der Waals surface area (Å²) in [6.07, 6.45) is 4.73. The van der Waals surface area contributed by atoms with Crippen molar-refractivity contribution in [2.24, 2.45) is 0 Å².